The monoisotopic (exact) mass is 300 g/mol. The third-order valence-corrected chi connectivity index (χ3v) is 3.32. The molecule has 0 bridgehead atoms. The van der Waals surface area contributed by atoms with E-state index in [1.807, 2.05) is 0 Å². The van der Waals surface area contributed by atoms with E-state index in [-0.39, 0.29) is 18.8 Å². The molecule has 112 valence electrons. The van der Waals surface area contributed by atoms with E-state index in [1.165, 1.54) is 24.5 Å². The zero-order valence-corrected chi connectivity index (χ0v) is 11.6. The zero-order chi connectivity index (χ0) is 15.5. The summed E-state index contributed by atoms with van der Waals surface area (Å²) in [6.07, 6.45) is 1.47. The molecule has 1 heterocycles. The van der Waals surface area contributed by atoms with E-state index in [4.69, 9.17) is 9.15 Å². The number of esters is 1. The average molecular weight is 300 g/mol. The topological polar surface area (TPSA) is 59.7 Å². The number of benzene rings is 2. The number of fused-ring (bicyclic) bond motifs is 1. The van der Waals surface area contributed by atoms with Crippen molar-refractivity contribution in [2.75, 3.05) is 0 Å². The fraction of sp³-hybridized carbons (Fsp3) is 0.118. The smallest absolute Gasteiger partial charge is 0.310 e. The maximum Gasteiger partial charge on any atom is 0.310 e. The maximum absolute atomic E-state index is 13.4. The molecule has 0 saturated carbocycles. The first-order chi connectivity index (χ1) is 10.6. The second-order valence-corrected chi connectivity index (χ2v) is 4.87. The van der Waals surface area contributed by atoms with E-state index in [1.54, 1.807) is 24.3 Å². The Bertz CT molecular complexity index is 822. The van der Waals surface area contributed by atoms with E-state index >= 15 is 0 Å². The summed E-state index contributed by atoms with van der Waals surface area (Å²) in [6, 6.07) is 10.8. The molecule has 2 aromatic carbocycles. The Hall–Kier alpha value is -2.82. The number of carbonyl (C=O) groups is 1. The van der Waals surface area contributed by atoms with Crippen LogP contribution >= 0.6 is 0 Å². The second kappa shape index (κ2) is 5.89. The van der Waals surface area contributed by atoms with Gasteiger partial charge < -0.3 is 14.3 Å². The number of furan rings is 1. The lowest BCUT2D eigenvalue weighted by molar-refractivity contribution is -0.144. The van der Waals surface area contributed by atoms with Crippen LogP contribution in [0.3, 0.4) is 0 Å². The lowest BCUT2D eigenvalue weighted by atomic mass is 10.1. The number of halogens is 1. The van der Waals surface area contributed by atoms with Gasteiger partial charge in [-0.15, -0.1) is 0 Å². The summed E-state index contributed by atoms with van der Waals surface area (Å²) < 4.78 is 23.8. The highest BCUT2D eigenvalue weighted by atomic mass is 19.1. The molecule has 22 heavy (non-hydrogen) atoms. The second-order valence-electron chi connectivity index (χ2n) is 4.87. The molecule has 0 atom stereocenters. The number of ether oxygens (including phenoxy) is 1. The van der Waals surface area contributed by atoms with Crippen molar-refractivity contribution in [3.8, 4) is 5.75 Å². The Morgan fingerprint density at radius 3 is 2.82 bits per heavy atom. The molecule has 0 spiro atoms. The van der Waals surface area contributed by atoms with E-state index in [2.05, 4.69) is 0 Å². The number of phenols is 1. The van der Waals surface area contributed by atoms with Crippen molar-refractivity contribution in [2.24, 2.45) is 0 Å². The minimum atomic E-state index is -0.473. The van der Waals surface area contributed by atoms with Gasteiger partial charge in [0.1, 0.15) is 23.8 Å². The number of rotatable bonds is 4. The van der Waals surface area contributed by atoms with Gasteiger partial charge in [0, 0.05) is 22.6 Å². The lowest BCUT2D eigenvalue weighted by Gasteiger charge is -2.05. The molecule has 3 aromatic rings. The first kappa shape index (κ1) is 14.1. The molecule has 5 heteroatoms. The van der Waals surface area contributed by atoms with Crippen molar-refractivity contribution >= 4 is 16.9 Å². The molecule has 1 N–H and O–H groups in total. The van der Waals surface area contributed by atoms with Crippen LogP contribution in [0.1, 0.15) is 11.1 Å². The number of hydrogen-bond donors (Lipinski definition) is 1. The van der Waals surface area contributed by atoms with Crippen LogP contribution < -0.4 is 0 Å². The van der Waals surface area contributed by atoms with Crippen LogP contribution in [0.25, 0.3) is 11.0 Å². The summed E-state index contributed by atoms with van der Waals surface area (Å²) in [5.41, 5.74) is 1.49. The van der Waals surface area contributed by atoms with Crippen LogP contribution in [-0.2, 0) is 22.6 Å². The standard InChI is InChI=1S/C17H13FO4/c18-15-4-2-1-3-11(15)9-22-17(20)7-12-10-21-16-8-13(19)5-6-14(12)16/h1-6,8,10,19H,7,9H2. The molecule has 0 fully saturated rings. The van der Waals surface area contributed by atoms with Gasteiger partial charge in [-0.3, -0.25) is 4.79 Å². The van der Waals surface area contributed by atoms with Crippen LogP contribution in [-0.4, -0.2) is 11.1 Å². The molecular weight excluding hydrogens is 287 g/mol. The first-order valence-corrected chi connectivity index (χ1v) is 6.71. The van der Waals surface area contributed by atoms with Crippen LogP contribution in [0.4, 0.5) is 4.39 Å². The molecule has 0 amide bonds. The minimum Gasteiger partial charge on any atom is -0.508 e. The molecule has 3 rings (SSSR count). The van der Waals surface area contributed by atoms with E-state index in [9.17, 15) is 14.3 Å². The highest BCUT2D eigenvalue weighted by Gasteiger charge is 2.12. The van der Waals surface area contributed by atoms with Crippen molar-refractivity contribution in [2.45, 2.75) is 13.0 Å². The number of phenolic OH excluding ortho intramolecular Hbond substituents is 1. The van der Waals surface area contributed by atoms with E-state index in [0.29, 0.717) is 16.7 Å². The van der Waals surface area contributed by atoms with Crippen LogP contribution in [0.2, 0.25) is 0 Å². The Labute approximate surface area is 125 Å². The quantitative estimate of drug-likeness (QED) is 0.748. The van der Waals surface area contributed by atoms with Gasteiger partial charge in [0.15, 0.2) is 0 Å². The zero-order valence-electron chi connectivity index (χ0n) is 11.6. The maximum atomic E-state index is 13.4. The predicted molar refractivity (Wildman–Crippen MR) is 77.8 cm³/mol. The summed E-state index contributed by atoms with van der Waals surface area (Å²) in [4.78, 5) is 11.9. The average Bonchev–Trinajstić information content (AvgIpc) is 2.88. The molecule has 0 unspecified atom stereocenters. The molecule has 0 aliphatic carbocycles. The van der Waals surface area contributed by atoms with Gasteiger partial charge in [-0.05, 0) is 18.2 Å². The van der Waals surface area contributed by atoms with Gasteiger partial charge in [-0.2, -0.15) is 0 Å². The molecule has 0 saturated heterocycles. The van der Waals surface area contributed by atoms with Crippen molar-refractivity contribution < 1.29 is 23.4 Å². The third-order valence-electron chi connectivity index (χ3n) is 3.32. The summed E-state index contributed by atoms with van der Waals surface area (Å²) in [5.74, 6) is -0.783. The molecule has 4 nitrogen and oxygen atoms in total. The van der Waals surface area contributed by atoms with E-state index in [0.717, 1.165) is 5.39 Å². The number of aromatic hydroxyl groups is 1. The van der Waals surface area contributed by atoms with Gasteiger partial charge in [0.2, 0.25) is 0 Å². The molecule has 1 aromatic heterocycles. The summed E-state index contributed by atoms with van der Waals surface area (Å²) >= 11 is 0. The molecular formula is C17H13FO4. The largest absolute Gasteiger partial charge is 0.508 e. The van der Waals surface area contributed by atoms with Gasteiger partial charge in [0.25, 0.3) is 0 Å². The predicted octanol–water partition coefficient (Wildman–Crippen LogP) is 3.56. The highest BCUT2D eigenvalue weighted by molar-refractivity contribution is 5.86. The van der Waals surface area contributed by atoms with E-state index < -0.39 is 11.8 Å². The van der Waals surface area contributed by atoms with Crippen molar-refractivity contribution in [1.29, 1.82) is 0 Å². The lowest BCUT2D eigenvalue weighted by Crippen LogP contribution is -2.08. The van der Waals surface area contributed by atoms with Crippen molar-refractivity contribution in [1.82, 2.24) is 0 Å². The summed E-state index contributed by atoms with van der Waals surface area (Å²) in [7, 11) is 0. The number of hydrogen-bond acceptors (Lipinski definition) is 4. The van der Waals surface area contributed by atoms with Gasteiger partial charge in [-0.25, -0.2) is 4.39 Å². The van der Waals surface area contributed by atoms with Crippen LogP contribution in [0.15, 0.2) is 53.1 Å². The molecule has 0 aliphatic heterocycles. The molecule has 0 aliphatic rings. The Morgan fingerprint density at radius 2 is 2.00 bits per heavy atom. The molecule has 0 radical (unpaired) electrons. The van der Waals surface area contributed by atoms with Crippen molar-refractivity contribution in [3.05, 3.63) is 65.7 Å². The summed E-state index contributed by atoms with van der Waals surface area (Å²) in [6.45, 7) is -0.109. The Morgan fingerprint density at radius 1 is 1.18 bits per heavy atom. The fourth-order valence-corrected chi connectivity index (χ4v) is 2.19. The number of carbonyl (C=O) groups excluding carboxylic acids is 1. The van der Waals surface area contributed by atoms with Crippen molar-refractivity contribution in [3.63, 3.8) is 0 Å². The van der Waals surface area contributed by atoms with Gasteiger partial charge in [-0.1, -0.05) is 18.2 Å². The van der Waals surface area contributed by atoms with Crippen LogP contribution in [0, 0.1) is 5.82 Å². The summed E-state index contributed by atoms with van der Waals surface area (Å²) in [5, 5.41) is 10.1. The third kappa shape index (κ3) is 2.93. The minimum absolute atomic E-state index is 0.0201. The normalized spacial score (nSPS) is 10.8. The highest BCUT2D eigenvalue weighted by Crippen LogP contribution is 2.25. The first-order valence-electron chi connectivity index (χ1n) is 6.71. The Kier molecular flexibility index (Phi) is 3.78. The van der Waals surface area contributed by atoms with Gasteiger partial charge in [0.05, 0.1) is 12.7 Å². The SMILES string of the molecule is O=C(Cc1coc2cc(O)ccc12)OCc1ccccc1F. The fourth-order valence-electron chi connectivity index (χ4n) is 2.19. The Balaban J connectivity index is 1.67. The van der Waals surface area contributed by atoms with Gasteiger partial charge >= 0.3 is 5.97 Å². The van der Waals surface area contributed by atoms with Crippen LogP contribution in [0.5, 0.6) is 5.75 Å².